The minimum Gasteiger partial charge on any atom is -0.411 e. The number of para-hydroxylation sites is 1. The molecule has 3 aromatic rings. The number of aromatic amines is 1. The van der Waals surface area contributed by atoms with Gasteiger partial charge in [-0.1, -0.05) is 30.0 Å². The van der Waals surface area contributed by atoms with E-state index >= 15 is 0 Å². The van der Waals surface area contributed by atoms with Crippen molar-refractivity contribution in [3.63, 3.8) is 0 Å². The normalized spacial score (nSPS) is 20.6. The molecular weight excluding hydrogens is 352 g/mol. The van der Waals surface area contributed by atoms with Gasteiger partial charge in [0.1, 0.15) is 0 Å². The molecule has 0 aliphatic carbocycles. The van der Waals surface area contributed by atoms with E-state index in [1.165, 1.54) is 11.8 Å². The highest BCUT2D eigenvalue weighted by Crippen LogP contribution is 2.29. The number of ether oxygens (including phenoxy) is 1. The number of thioether (sulfide) groups is 1. The van der Waals surface area contributed by atoms with Crippen molar-refractivity contribution >= 4 is 28.6 Å². The number of carbonyl (C=O) groups is 1. The van der Waals surface area contributed by atoms with E-state index in [4.69, 9.17) is 9.15 Å². The van der Waals surface area contributed by atoms with Crippen LogP contribution in [0.3, 0.4) is 0 Å². The van der Waals surface area contributed by atoms with Crippen LogP contribution in [0.25, 0.3) is 22.4 Å². The molecule has 1 saturated heterocycles. The van der Waals surface area contributed by atoms with Crippen LogP contribution >= 0.6 is 11.8 Å². The summed E-state index contributed by atoms with van der Waals surface area (Å²) in [7, 11) is 0. The van der Waals surface area contributed by atoms with E-state index < -0.39 is 0 Å². The lowest BCUT2D eigenvalue weighted by Gasteiger charge is -2.35. The highest BCUT2D eigenvalue weighted by molar-refractivity contribution is 7.99. The van der Waals surface area contributed by atoms with E-state index in [2.05, 4.69) is 15.2 Å². The third-order valence-electron chi connectivity index (χ3n) is 4.32. The van der Waals surface area contributed by atoms with Gasteiger partial charge < -0.3 is 19.0 Å². The fraction of sp³-hybridized carbons (Fsp3) is 0.389. The van der Waals surface area contributed by atoms with Crippen LogP contribution in [-0.4, -0.2) is 57.0 Å². The van der Waals surface area contributed by atoms with E-state index in [1.54, 1.807) is 0 Å². The first-order valence-electron chi connectivity index (χ1n) is 8.56. The topological polar surface area (TPSA) is 84.3 Å². The Hall–Kier alpha value is -2.32. The van der Waals surface area contributed by atoms with E-state index in [9.17, 15) is 4.79 Å². The molecular formula is C18H20N4O3S. The van der Waals surface area contributed by atoms with Crippen molar-refractivity contribution in [3.8, 4) is 11.5 Å². The molecule has 0 radical (unpaired) electrons. The minimum atomic E-state index is 0.0591. The van der Waals surface area contributed by atoms with Gasteiger partial charge >= 0.3 is 0 Å². The van der Waals surface area contributed by atoms with Crippen molar-refractivity contribution in [2.24, 2.45) is 0 Å². The Kier molecular flexibility index (Phi) is 4.69. The fourth-order valence-corrected chi connectivity index (χ4v) is 3.89. The van der Waals surface area contributed by atoms with Gasteiger partial charge in [-0.3, -0.25) is 4.79 Å². The summed E-state index contributed by atoms with van der Waals surface area (Å²) in [5.41, 5.74) is 1.88. The summed E-state index contributed by atoms with van der Waals surface area (Å²) >= 11 is 1.27. The van der Waals surface area contributed by atoms with E-state index in [1.807, 2.05) is 49.2 Å². The molecule has 1 N–H and O–H groups in total. The number of nitrogens with one attached hydrogen (secondary N) is 1. The van der Waals surface area contributed by atoms with Gasteiger partial charge in [0, 0.05) is 30.2 Å². The third-order valence-corrected chi connectivity index (χ3v) is 5.12. The van der Waals surface area contributed by atoms with Gasteiger partial charge in [-0.05, 0) is 19.9 Å². The zero-order chi connectivity index (χ0) is 18.1. The van der Waals surface area contributed by atoms with Gasteiger partial charge in [0.2, 0.25) is 5.91 Å². The summed E-state index contributed by atoms with van der Waals surface area (Å²) in [6.45, 7) is 5.20. The molecule has 1 fully saturated rings. The van der Waals surface area contributed by atoms with Gasteiger partial charge in [-0.15, -0.1) is 10.2 Å². The standard InChI is InChI=1S/C18H20N4O3S/c1-11-8-22(9-12(2)24-11)16(23)10-26-18-21-20-17(25-18)14-7-19-15-6-4-3-5-13(14)15/h3-7,11-12,19H,8-10H2,1-2H3/t11-,12-/m1/s1. The molecule has 0 saturated carbocycles. The summed E-state index contributed by atoms with van der Waals surface area (Å²) in [4.78, 5) is 17.5. The fourth-order valence-electron chi connectivity index (χ4n) is 3.22. The smallest absolute Gasteiger partial charge is 0.277 e. The molecule has 136 valence electrons. The predicted molar refractivity (Wildman–Crippen MR) is 98.9 cm³/mol. The third kappa shape index (κ3) is 3.47. The molecule has 8 heteroatoms. The van der Waals surface area contributed by atoms with Gasteiger partial charge in [0.05, 0.1) is 23.5 Å². The van der Waals surface area contributed by atoms with Gasteiger partial charge in [-0.2, -0.15) is 0 Å². The molecule has 0 bridgehead atoms. The van der Waals surface area contributed by atoms with Gasteiger partial charge in [-0.25, -0.2) is 0 Å². The Morgan fingerprint density at radius 3 is 2.85 bits per heavy atom. The van der Waals surface area contributed by atoms with Crippen LogP contribution in [0, 0.1) is 0 Å². The van der Waals surface area contributed by atoms with Crippen molar-refractivity contribution in [3.05, 3.63) is 30.5 Å². The summed E-state index contributed by atoms with van der Waals surface area (Å²) in [6, 6.07) is 7.93. The number of benzene rings is 1. The number of hydrogen-bond donors (Lipinski definition) is 1. The molecule has 7 nitrogen and oxygen atoms in total. The van der Waals surface area contributed by atoms with Crippen LogP contribution in [0.4, 0.5) is 0 Å². The number of amides is 1. The summed E-state index contributed by atoms with van der Waals surface area (Å²) < 4.78 is 11.4. The molecule has 1 amide bonds. The van der Waals surface area contributed by atoms with Crippen molar-refractivity contribution < 1.29 is 13.9 Å². The quantitative estimate of drug-likeness (QED) is 0.709. The number of fused-ring (bicyclic) bond motifs is 1. The number of H-pyrrole nitrogens is 1. The number of nitrogens with zero attached hydrogens (tertiary/aromatic N) is 3. The lowest BCUT2D eigenvalue weighted by molar-refractivity contribution is -0.140. The first-order valence-corrected chi connectivity index (χ1v) is 9.54. The molecule has 0 unspecified atom stereocenters. The molecule has 1 aliphatic rings. The molecule has 3 heterocycles. The average molecular weight is 372 g/mol. The van der Waals surface area contributed by atoms with E-state index in [0.717, 1.165) is 16.5 Å². The van der Waals surface area contributed by atoms with Crippen LogP contribution in [0.1, 0.15) is 13.8 Å². The zero-order valence-corrected chi connectivity index (χ0v) is 15.5. The Labute approximate surface area is 155 Å². The number of aromatic nitrogens is 3. The molecule has 2 atom stereocenters. The monoisotopic (exact) mass is 372 g/mol. The summed E-state index contributed by atoms with van der Waals surface area (Å²) in [5.74, 6) is 0.782. The molecule has 1 aliphatic heterocycles. The summed E-state index contributed by atoms with van der Waals surface area (Å²) in [5, 5.41) is 9.61. The largest absolute Gasteiger partial charge is 0.411 e. The second-order valence-corrected chi connectivity index (χ2v) is 7.39. The molecule has 4 rings (SSSR count). The minimum absolute atomic E-state index is 0.0591. The van der Waals surface area contributed by atoms with Crippen LogP contribution < -0.4 is 0 Å². The van der Waals surface area contributed by atoms with Crippen LogP contribution in [0.15, 0.2) is 40.1 Å². The van der Waals surface area contributed by atoms with Crippen LogP contribution in [0.2, 0.25) is 0 Å². The van der Waals surface area contributed by atoms with Gasteiger partial charge in [0.15, 0.2) is 0 Å². The Morgan fingerprint density at radius 1 is 1.27 bits per heavy atom. The van der Waals surface area contributed by atoms with Crippen LogP contribution in [-0.2, 0) is 9.53 Å². The Bertz CT molecular complexity index is 912. The van der Waals surface area contributed by atoms with E-state index in [0.29, 0.717) is 24.2 Å². The Morgan fingerprint density at radius 2 is 2.04 bits per heavy atom. The maximum absolute atomic E-state index is 12.4. The van der Waals surface area contributed by atoms with Crippen LogP contribution in [0.5, 0.6) is 0 Å². The number of rotatable bonds is 4. The highest BCUT2D eigenvalue weighted by Gasteiger charge is 2.26. The average Bonchev–Trinajstić information content (AvgIpc) is 3.25. The lowest BCUT2D eigenvalue weighted by atomic mass is 10.2. The predicted octanol–water partition coefficient (Wildman–Crippen LogP) is 2.95. The van der Waals surface area contributed by atoms with Crippen molar-refractivity contribution in [2.45, 2.75) is 31.3 Å². The van der Waals surface area contributed by atoms with Gasteiger partial charge in [0.25, 0.3) is 11.1 Å². The number of carbonyl (C=O) groups excluding carboxylic acids is 1. The first kappa shape index (κ1) is 17.1. The zero-order valence-electron chi connectivity index (χ0n) is 14.6. The second kappa shape index (κ2) is 7.13. The first-order chi connectivity index (χ1) is 12.6. The number of hydrogen-bond acceptors (Lipinski definition) is 6. The van der Waals surface area contributed by atoms with Crippen molar-refractivity contribution in [2.75, 3.05) is 18.8 Å². The van der Waals surface area contributed by atoms with Crippen molar-refractivity contribution in [1.82, 2.24) is 20.1 Å². The van der Waals surface area contributed by atoms with Crippen molar-refractivity contribution in [1.29, 1.82) is 0 Å². The maximum atomic E-state index is 12.4. The summed E-state index contributed by atoms with van der Waals surface area (Å²) in [6.07, 6.45) is 1.98. The number of morpholine rings is 1. The second-order valence-electron chi connectivity index (χ2n) is 6.47. The Balaban J connectivity index is 1.42. The molecule has 1 aromatic carbocycles. The van der Waals surface area contributed by atoms with E-state index in [-0.39, 0.29) is 23.9 Å². The highest BCUT2D eigenvalue weighted by atomic mass is 32.2. The molecule has 26 heavy (non-hydrogen) atoms. The lowest BCUT2D eigenvalue weighted by Crippen LogP contribution is -2.48. The SMILES string of the molecule is C[C@@H]1CN(C(=O)CSc2nnc(-c3c[nH]c4ccccc34)o2)C[C@@H](C)O1. The molecule has 0 spiro atoms. The molecule has 2 aromatic heterocycles. The maximum Gasteiger partial charge on any atom is 0.277 e.